The summed E-state index contributed by atoms with van der Waals surface area (Å²) in [5, 5.41) is 12.3. The minimum Gasteiger partial charge on any atom is -0.299 e. The summed E-state index contributed by atoms with van der Waals surface area (Å²) in [6.45, 7) is 5.92. The van der Waals surface area contributed by atoms with Crippen LogP contribution in [-0.2, 0) is 6.54 Å². The molecule has 3 aliphatic rings. The Morgan fingerprint density at radius 3 is 2.60 bits per heavy atom. The maximum Gasteiger partial charge on any atom is 0.165 e. The van der Waals surface area contributed by atoms with Crippen LogP contribution in [0.3, 0.4) is 0 Å². The maximum absolute atomic E-state index is 4.24. The minimum atomic E-state index is 0.583. The first-order valence-electron chi connectivity index (χ1n) is 8.13. The van der Waals surface area contributed by atoms with Crippen molar-refractivity contribution in [2.45, 2.75) is 57.2 Å². The summed E-state index contributed by atoms with van der Waals surface area (Å²) in [6, 6.07) is 1.34. The molecule has 3 heterocycles. The zero-order valence-electron chi connectivity index (χ0n) is 12.1. The van der Waals surface area contributed by atoms with Crippen molar-refractivity contribution in [1.82, 2.24) is 30.0 Å². The Kier molecular flexibility index (Phi) is 3.44. The molecule has 6 heteroatoms. The molecule has 0 bridgehead atoms. The van der Waals surface area contributed by atoms with Gasteiger partial charge in [-0.05, 0) is 68.6 Å². The Hall–Kier alpha value is -1.01. The molecule has 1 unspecified atom stereocenters. The topological polar surface area (TPSA) is 50.1 Å². The fourth-order valence-corrected chi connectivity index (χ4v) is 3.70. The van der Waals surface area contributed by atoms with Crippen molar-refractivity contribution in [3.63, 3.8) is 0 Å². The number of likely N-dealkylation sites (tertiary alicyclic amines) is 2. The van der Waals surface area contributed by atoms with E-state index in [0.29, 0.717) is 6.04 Å². The van der Waals surface area contributed by atoms with Crippen LogP contribution in [0.1, 0.15) is 50.4 Å². The second-order valence-electron chi connectivity index (χ2n) is 6.55. The summed E-state index contributed by atoms with van der Waals surface area (Å²) in [6.07, 6.45) is 7.94. The number of piperidine rings is 1. The van der Waals surface area contributed by atoms with E-state index < -0.39 is 0 Å². The van der Waals surface area contributed by atoms with Gasteiger partial charge in [0, 0.05) is 12.6 Å². The summed E-state index contributed by atoms with van der Waals surface area (Å²) < 4.78 is 2.06. The van der Waals surface area contributed by atoms with E-state index in [0.717, 1.165) is 18.4 Å². The number of tetrazole rings is 1. The van der Waals surface area contributed by atoms with Crippen molar-refractivity contribution in [2.75, 3.05) is 26.2 Å². The van der Waals surface area contributed by atoms with E-state index in [1.807, 2.05) is 0 Å². The van der Waals surface area contributed by atoms with E-state index in [1.54, 1.807) is 0 Å². The lowest BCUT2D eigenvalue weighted by Gasteiger charge is -2.37. The molecule has 2 aliphatic heterocycles. The normalized spacial score (nSPS) is 29.1. The van der Waals surface area contributed by atoms with Crippen LogP contribution in [0.4, 0.5) is 0 Å². The third-order valence-corrected chi connectivity index (χ3v) is 4.96. The fraction of sp³-hybridized carbons (Fsp3) is 0.929. The zero-order valence-corrected chi connectivity index (χ0v) is 12.1. The quantitative estimate of drug-likeness (QED) is 0.823. The smallest absolute Gasteiger partial charge is 0.165 e. The molecule has 3 fully saturated rings. The largest absolute Gasteiger partial charge is 0.299 e. The molecule has 20 heavy (non-hydrogen) atoms. The first-order valence-corrected chi connectivity index (χ1v) is 8.13. The molecular formula is C14H24N6. The second-order valence-corrected chi connectivity index (χ2v) is 6.55. The Morgan fingerprint density at radius 2 is 1.80 bits per heavy atom. The number of aromatic nitrogens is 4. The van der Waals surface area contributed by atoms with E-state index >= 15 is 0 Å². The van der Waals surface area contributed by atoms with Gasteiger partial charge in [0.15, 0.2) is 5.82 Å². The first-order chi connectivity index (χ1) is 9.90. The molecule has 4 rings (SSSR count). The highest BCUT2D eigenvalue weighted by atomic mass is 15.6. The zero-order chi connectivity index (χ0) is 13.4. The highest BCUT2D eigenvalue weighted by molar-refractivity contribution is 4.92. The maximum atomic E-state index is 4.24. The Morgan fingerprint density at radius 1 is 0.950 bits per heavy atom. The van der Waals surface area contributed by atoms with Crippen LogP contribution in [0.25, 0.3) is 0 Å². The molecule has 1 aromatic rings. The van der Waals surface area contributed by atoms with Gasteiger partial charge in [-0.1, -0.05) is 0 Å². The van der Waals surface area contributed by atoms with Gasteiger partial charge >= 0.3 is 0 Å². The third kappa shape index (κ3) is 2.59. The van der Waals surface area contributed by atoms with Crippen LogP contribution in [0.2, 0.25) is 0 Å². The van der Waals surface area contributed by atoms with Gasteiger partial charge in [-0.2, -0.15) is 0 Å². The predicted octanol–water partition coefficient (Wildman–Crippen LogP) is 1.07. The Bertz CT molecular complexity index is 448. The molecule has 1 atom stereocenters. The lowest BCUT2D eigenvalue weighted by Crippen LogP contribution is -2.46. The van der Waals surface area contributed by atoms with Crippen LogP contribution in [0.15, 0.2) is 0 Å². The highest BCUT2D eigenvalue weighted by Crippen LogP contribution is 2.34. The number of rotatable bonds is 4. The van der Waals surface area contributed by atoms with E-state index in [1.165, 1.54) is 64.7 Å². The molecule has 1 saturated carbocycles. The van der Waals surface area contributed by atoms with Gasteiger partial charge in [-0.15, -0.1) is 5.10 Å². The Labute approximate surface area is 120 Å². The molecule has 1 aromatic heterocycles. The number of nitrogens with zero attached hydrogens (tertiary/aromatic N) is 6. The fourth-order valence-electron chi connectivity index (χ4n) is 3.70. The van der Waals surface area contributed by atoms with Gasteiger partial charge in [0.1, 0.15) is 0 Å². The summed E-state index contributed by atoms with van der Waals surface area (Å²) in [7, 11) is 0. The van der Waals surface area contributed by atoms with Crippen LogP contribution in [-0.4, -0.2) is 62.2 Å². The third-order valence-electron chi connectivity index (χ3n) is 4.96. The summed E-state index contributed by atoms with van der Waals surface area (Å²) in [5.41, 5.74) is 0. The van der Waals surface area contributed by atoms with E-state index in [4.69, 9.17) is 0 Å². The van der Waals surface area contributed by atoms with Crippen molar-refractivity contribution in [3.8, 4) is 0 Å². The molecule has 0 aromatic carbocycles. The van der Waals surface area contributed by atoms with Crippen LogP contribution in [0.5, 0.6) is 0 Å². The summed E-state index contributed by atoms with van der Waals surface area (Å²) >= 11 is 0. The molecule has 0 amide bonds. The molecule has 6 nitrogen and oxygen atoms in total. The lowest BCUT2D eigenvalue weighted by atomic mass is 10.0. The summed E-state index contributed by atoms with van der Waals surface area (Å²) in [4.78, 5) is 5.24. The average molecular weight is 276 g/mol. The van der Waals surface area contributed by atoms with Crippen molar-refractivity contribution in [2.24, 2.45) is 0 Å². The molecule has 0 spiro atoms. The van der Waals surface area contributed by atoms with Gasteiger partial charge in [0.25, 0.3) is 0 Å². The first kappa shape index (κ1) is 12.7. The van der Waals surface area contributed by atoms with Crippen LogP contribution < -0.4 is 0 Å². The molecule has 110 valence electrons. The van der Waals surface area contributed by atoms with Gasteiger partial charge < -0.3 is 0 Å². The predicted molar refractivity (Wildman–Crippen MR) is 75.2 cm³/mol. The van der Waals surface area contributed by atoms with E-state index in [2.05, 4.69) is 30.0 Å². The molecule has 1 aliphatic carbocycles. The molecule has 2 saturated heterocycles. The van der Waals surface area contributed by atoms with Crippen molar-refractivity contribution in [1.29, 1.82) is 0 Å². The number of hydrogen-bond donors (Lipinski definition) is 0. The van der Waals surface area contributed by atoms with Crippen molar-refractivity contribution >= 4 is 0 Å². The van der Waals surface area contributed by atoms with Gasteiger partial charge in [-0.25, -0.2) is 4.68 Å². The molecule has 0 radical (unpaired) electrons. The monoisotopic (exact) mass is 276 g/mol. The van der Waals surface area contributed by atoms with Crippen molar-refractivity contribution in [3.05, 3.63) is 5.82 Å². The van der Waals surface area contributed by atoms with Crippen molar-refractivity contribution < 1.29 is 0 Å². The van der Waals surface area contributed by atoms with E-state index in [9.17, 15) is 0 Å². The summed E-state index contributed by atoms with van der Waals surface area (Å²) in [5.74, 6) is 1.06. The Balaban J connectivity index is 1.39. The molecule has 0 N–H and O–H groups in total. The van der Waals surface area contributed by atoms with Gasteiger partial charge in [-0.3, -0.25) is 9.80 Å². The minimum absolute atomic E-state index is 0.583. The number of hydrogen-bond acceptors (Lipinski definition) is 5. The lowest BCUT2D eigenvalue weighted by molar-refractivity contribution is 0.107. The van der Waals surface area contributed by atoms with Gasteiger partial charge in [0.05, 0.1) is 12.6 Å². The van der Waals surface area contributed by atoms with Crippen LogP contribution in [0, 0.1) is 0 Å². The van der Waals surface area contributed by atoms with E-state index in [-0.39, 0.29) is 0 Å². The highest BCUT2D eigenvalue weighted by Gasteiger charge is 2.30. The second kappa shape index (κ2) is 5.41. The standard InChI is InChI=1S/C14H24N6/c1-2-9-19(8-1)13-4-3-7-18(10-13)11-14-15-16-17-20(14)12-5-6-12/h12-13H,1-11H2. The average Bonchev–Trinajstić information content (AvgIpc) is 3.00. The van der Waals surface area contributed by atoms with Crippen LogP contribution >= 0.6 is 0 Å². The van der Waals surface area contributed by atoms with Gasteiger partial charge in [0.2, 0.25) is 0 Å². The molecular weight excluding hydrogens is 252 g/mol. The SMILES string of the molecule is C1CC(N2CCCC2)CN(Cc2nnnn2C2CC2)C1.